The fourth-order valence-corrected chi connectivity index (χ4v) is 2.27. The van der Waals surface area contributed by atoms with E-state index in [1.807, 2.05) is 25.1 Å². The zero-order valence-electron chi connectivity index (χ0n) is 10.1. The topological polar surface area (TPSA) is 50.9 Å². The standard InChI is InChI=1S/C13H11I2N3O/c1-3-4-12(13(19)8(2)14)18-16-10-6-5-9(15)7-11(10)17-18/h3-7,19H,1H2,2H3/b12-4+,13-8-. The van der Waals surface area contributed by atoms with Crippen molar-refractivity contribution in [1.29, 1.82) is 0 Å². The monoisotopic (exact) mass is 479 g/mol. The fourth-order valence-electron chi connectivity index (χ4n) is 1.52. The third-order valence-corrected chi connectivity index (χ3v) is 3.58. The second-order valence-electron chi connectivity index (χ2n) is 3.79. The number of halogens is 2. The molecule has 98 valence electrons. The highest BCUT2D eigenvalue weighted by molar-refractivity contribution is 14.1. The van der Waals surface area contributed by atoms with Crippen LogP contribution < -0.4 is 0 Å². The van der Waals surface area contributed by atoms with E-state index in [1.165, 1.54) is 4.80 Å². The van der Waals surface area contributed by atoms with Crippen molar-refractivity contribution >= 4 is 61.9 Å². The number of hydrogen-bond donors (Lipinski definition) is 1. The van der Waals surface area contributed by atoms with Crippen molar-refractivity contribution in [3.8, 4) is 0 Å². The molecule has 1 aromatic carbocycles. The maximum atomic E-state index is 10.1. The Morgan fingerprint density at radius 3 is 2.68 bits per heavy atom. The minimum Gasteiger partial charge on any atom is -0.505 e. The van der Waals surface area contributed by atoms with Crippen molar-refractivity contribution in [3.05, 3.63) is 49.8 Å². The smallest absolute Gasteiger partial charge is 0.152 e. The van der Waals surface area contributed by atoms with Gasteiger partial charge in [-0.15, -0.1) is 15.0 Å². The van der Waals surface area contributed by atoms with Gasteiger partial charge < -0.3 is 5.11 Å². The largest absolute Gasteiger partial charge is 0.505 e. The van der Waals surface area contributed by atoms with E-state index in [1.54, 1.807) is 12.2 Å². The summed E-state index contributed by atoms with van der Waals surface area (Å²) in [5, 5.41) is 18.9. The van der Waals surface area contributed by atoms with Crippen molar-refractivity contribution in [2.45, 2.75) is 6.92 Å². The number of aromatic nitrogens is 3. The third kappa shape index (κ3) is 3.16. The highest BCUT2D eigenvalue weighted by atomic mass is 127. The molecule has 1 aromatic heterocycles. The first-order valence-corrected chi connectivity index (χ1v) is 7.60. The lowest BCUT2D eigenvalue weighted by atomic mass is 10.3. The Hall–Kier alpha value is -0.900. The Morgan fingerprint density at radius 2 is 2.05 bits per heavy atom. The van der Waals surface area contributed by atoms with E-state index < -0.39 is 0 Å². The lowest BCUT2D eigenvalue weighted by Gasteiger charge is -2.05. The van der Waals surface area contributed by atoms with Crippen molar-refractivity contribution in [2.24, 2.45) is 0 Å². The van der Waals surface area contributed by atoms with E-state index in [2.05, 4.69) is 62.0 Å². The van der Waals surface area contributed by atoms with Gasteiger partial charge in [-0.1, -0.05) is 12.7 Å². The molecule has 1 heterocycles. The fraction of sp³-hybridized carbons (Fsp3) is 0.0769. The molecule has 0 aliphatic heterocycles. The van der Waals surface area contributed by atoms with Crippen LogP contribution in [0.5, 0.6) is 0 Å². The molecule has 4 nitrogen and oxygen atoms in total. The van der Waals surface area contributed by atoms with Crippen LogP contribution in [0, 0.1) is 3.57 Å². The van der Waals surface area contributed by atoms with Crippen LogP contribution in [-0.4, -0.2) is 20.1 Å². The van der Waals surface area contributed by atoms with Gasteiger partial charge >= 0.3 is 0 Å². The molecule has 0 amide bonds. The second kappa shape index (κ2) is 6.04. The number of allylic oxidation sites excluding steroid dienone is 4. The third-order valence-electron chi connectivity index (χ3n) is 2.40. The van der Waals surface area contributed by atoms with Gasteiger partial charge in [-0.25, -0.2) is 0 Å². The lowest BCUT2D eigenvalue weighted by Crippen LogP contribution is -2.04. The molecule has 0 unspecified atom stereocenters. The molecule has 0 radical (unpaired) electrons. The number of rotatable bonds is 3. The molecule has 0 bridgehead atoms. The molecule has 0 spiro atoms. The summed E-state index contributed by atoms with van der Waals surface area (Å²) in [7, 11) is 0. The number of fused-ring (bicyclic) bond motifs is 1. The predicted octanol–water partition coefficient (Wildman–Crippen LogP) is 4.29. The van der Waals surface area contributed by atoms with E-state index in [9.17, 15) is 5.11 Å². The lowest BCUT2D eigenvalue weighted by molar-refractivity contribution is 0.426. The second-order valence-corrected chi connectivity index (χ2v) is 6.66. The molecular weight excluding hydrogens is 468 g/mol. The molecule has 19 heavy (non-hydrogen) atoms. The van der Waals surface area contributed by atoms with Crippen molar-refractivity contribution < 1.29 is 5.11 Å². The summed E-state index contributed by atoms with van der Waals surface area (Å²) in [4.78, 5) is 1.43. The maximum absolute atomic E-state index is 10.1. The van der Waals surface area contributed by atoms with E-state index in [0.717, 1.165) is 18.2 Å². The van der Waals surface area contributed by atoms with E-state index in [0.29, 0.717) is 5.70 Å². The van der Waals surface area contributed by atoms with Crippen LogP contribution in [0.15, 0.2) is 46.3 Å². The average Bonchev–Trinajstić information content (AvgIpc) is 2.77. The van der Waals surface area contributed by atoms with Crippen molar-refractivity contribution in [3.63, 3.8) is 0 Å². The molecule has 2 aromatic rings. The Labute approximate surface area is 138 Å². The summed E-state index contributed by atoms with van der Waals surface area (Å²) in [6, 6.07) is 5.82. The minimum atomic E-state index is 0.149. The van der Waals surface area contributed by atoms with Crippen LogP contribution in [0.4, 0.5) is 0 Å². The van der Waals surface area contributed by atoms with Crippen LogP contribution in [0.25, 0.3) is 16.7 Å². The number of nitrogens with zero attached hydrogens (tertiary/aromatic N) is 3. The Balaban J connectivity index is 2.61. The van der Waals surface area contributed by atoms with Gasteiger partial charge in [0.15, 0.2) is 5.76 Å². The van der Waals surface area contributed by atoms with Gasteiger partial charge in [-0.3, -0.25) is 0 Å². The number of hydrogen-bond acceptors (Lipinski definition) is 3. The Morgan fingerprint density at radius 1 is 1.37 bits per heavy atom. The number of aliphatic hydroxyl groups is 1. The molecule has 0 saturated heterocycles. The van der Waals surface area contributed by atoms with Gasteiger partial charge in [-0.2, -0.15) is 0 Å². The van der Waals surface area contributed by atoms with E-state index in [-0.39, 0.29) is 5.76 Å². The number of benzene rings is 1. The SMILES string of the molecule is C=C/C=C(\C(O)=C(/C)I)n1nc2ccc(I)cc2n1. The van der Waals surface area contributed by atoms with Crippen LogP contribution >= 0.6 is 45.2 Å². The van der Waals surface area contributed by atoms with Gasteiger partial charge in [0.25, 0.3) is 0 Å². The van der Waals surface area contributed by atoms with Crippen LogP contribution in [0.3, 0.4) is 0 Å². The minimum absolute atomic E-state index is 0.149. The maximum Gasteiger partial charge on any atom is 0.152 e. The summed E-state index contributed by atoms with van der Waals surface area (Å²) in [5.74, 6) is 0.149. The summed E-state index contributed by atoms with van der Waals surface area (Å²) in [5.41, 5.74) is 2.09. The molecule has 2 rings (SSSR count). The van der Waals surface area contributed by atoms with Crippen LogP contribution in [0.2, 0.25) is 0 Å². The molecule has 0 atom stereocenters. The van der Waals surface area contributed by atoms with Crippen molar-refractivity contribution in [1.82, 2.24) is 15.0 Å². The molecule has 0 aliphatic rings. The van der Waals surface area contributed by atoms with E-state index >= 15 is 0 Å². The van der Waals surface area contributed by atoms with Gasteiger partial charge in [0.2, 0.25) is 0 Å². The Kier molecular flexibility index (Phi) is 4.61. The van der Waals surface area contributed by atoms with Crippen LogP contribution in [-0.2, 0) is 0 Å². The molecule has 0 fully saturated rings. The summed E-state index contributed by atoms with van der Waals surface area (Å²) >= 11 is 4.29. The van der Waals surface area contributed by atoms with Crippen molar-refractivity contribution in [2.75, 3.05) is 0 Å². The summed E-state index contributed by atoms with van der Waals surface area (Å²) in [6.07, 6.45) is 3.28. The molecule has 0 aliphatic carbocycles. The van der Waals surface area contributed by atoms with E-state index in [4.69, 9.17) is 0 Å². The normalized spacial score (nSPS) is 13.5. The quantitative estimate of drug-likeness (QED) is 0.407. The Bertz CT molecular complexity index is 697. The zero-order valence-corrected chi connectivity index (χ0v) is 14.5. The first-order valence-electron chi connectivity index (χ1n) is 5.44. The first kappa shape index (κ1) is 14.5. The molecular formula is C13H11I2N3O. The van der Waals surface area contributed by atoms with Gasteiger partial charge in [-0.05, 0) is 76.4 Å². The van der Waals surface area contributed by atoms with Gasteiger partial charge in [0, 0.05) is 7.15 Å². The summed E-state index contributed by atoms with van der Waals surface area (Å²) in [6.45, 7) is 5.47. The predicted molar refractivity (Wildman–Crippen MR) is 94.1 cm³/mol. The number of aliphatic hydroxyl groups excluding tert-OH is 1. The summed E-state index contributed by atoms with van der Waals surface area (Å²) < 4.78 is 1.86. The molecule has 1 N–H and O–H groups in total. The van der Waals surface area contributed by atoms with Gasteiger partial charge in [0.1, 0.15) is 16.7 Å². The first-order chi connectivity index (χ1) is 9.02. The van der Waals surface area contributed by atoms with Gasteiger partial charge in [0.05, 0.1) is 0 Å². The highest BCUT2D eigenvalue weighted by Gasteiger charge is 2.12. The average molecular weight is 479 g/mol. The zero-order chi connectivity index (χ0) is 14.0. The van der Waals surface area contributed by atoms with Crippen LogP contribution in [0.1, 0.15) is 6.92 Å². The molecule has 6 heteroatoms. The highest BCUT2D eigenvalue weighted by Crippen LogP contribution is 2.22. The molecule has 0 saturated carbocycles.